The summed E-state index contributed by atoms with van der Waals surface area (Å²) in [6, 6.07) is 1.92. The van der Waals surface area contributed by atoms with Crippen LogP contribution in [-0.2, 0) is 24.7 Å². The highest BCUT2D eigenvalue weighted by molar-refractivity contribution is 7.92. The number of rotatable bonds is 7. The van der Waals surface area contributed by atoms with E-state index in [1.807, 2.05) is 0 Å². The number of hydrogen-bond acceptors (Lipinski definition) is 7. The van der Waals surface area contributed by atoms with E-state index in [0.717, 1.165) is 6.08 Å². The van der Waals surface area contributed by atoms with Crippen molar-refractivity contribution in [1.82, 2.24) is 4.72 Å². The Kier molecular flexibility index (Phi) is 5.94. The zero-order valence-corrected chi connectivity index (χ0v) is 15.8. The first-order valence-electron chi connectivity index (χ1n) is 7.48. The SMILES string of the molecule is COc1cc(/C=C\C(=O)O)cc(S(=O)(=O)NC2CCS(=O)(=O)C2)c1OC. The Morgan fingerprint density at radius 3 is 2.50 bits per heavy atom. The molecule has 1 atom stereocenters. The first-order valence-corrected chi connectivity index (χ1v) is 10.8. The molecule has 144 valence electrons. The molecule has 1 aliphatic heterocycles. The Bertz CT molecular complexity index is 935. The minimum absolute atomic E-state index is 0.0617. The van der Waals surface area contributed by atoms with E-state index in [-0.39, 0.29) is 39.9 Å². The summed E-state index contributed by atoms with van der Waals surface area (Å²) >= 11 is 0. The van der Waals surface area contributed by atoms with Crippen molar-refractivity contribution in [2.24, 2.45) is 0 Å². The summed E-state index contributed by atoms with van der Waals surface area (Å²) in [7, 11) is -4.81. The number of carboxylic acids is 1. The standard InChI is InChI=1S/C15H19NO8S2/c1-23-12-7-10(3-4-14(17)18)8-13(15(12)24-2)26(21,22)16-11-5-6-25(19,20)9-11/h3-4,7-8,11,16H,5-6,9H2,1-2H3,(H,17,18)/b4-3-. The van der Waals surface area contributed by atoms with Gasteiger partial charge in [0, 0.05) is 12.1 Å². The quantitative estimate of drug-likeness (QED) is 0.617. The molecule has 1 aromatic carbocycles. The Hall–Kier alpha value is -2.11. The van der Waals surface area contributed by atoms with Gasteiger partial charge in [0.2, 0.25) is 10.0 Å². The van der Waals surface area contributed by atoms with Crippen molar-refractivity contribution >= 4 is 31.9 Å². The first-order chi connectivity index (χ1) is 12.1. The molecule has 0 saturated carbocycles. The zero-order chi connectivity index (χ0) is 19.5. The van der Waals surface area contributed by atoms with Crippen molar-refractivity contribution in [3.05, 3.63) is 23.8 Å². The number of ether oxygens (including phenoxy) is 2. The number of aliphatic carboxylic acids is 1. The normalized spacial score (nSPS) is 19.5. The average molecular weight is 405 g/mol. The fraction of sp³-hybridized carbons (Fsp3) is 0.400. The van der Waals surface area contributed by atoms with Crippen LogP contribution in [0.2, 0.25) is 0 Å². The maximum atomic E-state index is 12.8. The van der Waals surface area contributed by atoms with Gasteiger partial charge in [-0.2, -0.15) is 0 Å². The number of sulfone groups is 1. The van der Waals surface area contributed by atoms with Gasteiger partial charge >= 0.3 is 5.97 Å². The van der Waals surface area contributed by atoms with E-state index in [1.165, 1.54) is 32.4 Å². The third-order valence-electron chi connectivity index (χ3n) is 3.73. The second kappa shape index (κ2) is 7.64. The number of nitrogens with one attached hydrogen (secondary N) is 1. The Morgan fingerprint density at radius 1 is 1.31 bits per heavy atom. The van der Waals surface area contributed by atoms with E-state index in [2.05, 4.69) is 4.72 Å². The van der Waals surface area contributed by atoms with Crippen molar-refractivity contribution in [1.29, 1.82) is 0 Å². The summed E-state index contributed by atoms with van der Waals surface area (Å²) in [6.07, 6.45) is 2.25. The van der Waals surface area contributed by atoms with E-state index in [9.17, 15) is 21.6 Å². The monoisotopic (exact) mass is 405 g/mol. The molecule has 0 amide bonds. The van der Waals surface area contributed by atoms with Crippen LogP contribution in [0.4, 0.5) is 0 Å². The van der Waals surface area contributed by atoms with Gasteiger partial charge < -0.3 is 14.6 Å². The smallest absolute Gasteiger partial charge is 0.328 e. The molecule has 2 N–H and O–H groups in total. The first kappa shape index (κ1) is 20.2. The summed E-state index contributed by atoms with van der Waals surface area (Å²) in [5.41, 5.74) is 0.268. The number of benzene rings is 1. The van der Waals surface area contributed by atoms with E-state index in [0.29, 0.717) is 0 Å². The molecule has 26 heavy (non-hydrogen) atoms. The molecular formula is C15H19NO8S2. The van der Waals surface area contributed by atoms with Gasteiger partial charge in [-0.3, -0.25) is 0 Å². The summed E-state index contributed by atoms with van der Waals surface area (Å²) in [4.78, 5) is 10.4. The van der Waals surface area contributed by atoms with Gasteiger partial charge in [-0.1, -0.05) is 0 Å². The van der Waals surface area contributed by atoms with Gasteiger partial charge in [-0.05, 0) is 30.2 Å². The van der Waals surface area contributed by atoms with Crippen LogP contribution < -0.4 is 14.2 Å². The van der Waals surface area contributed by atoms with E-state index in [1.54, 1.807) is 0 Å². The Balaban J connectivity index is 2.47. The highest BCUT2D eigenvalue weighted by atomic mass is 32.2. The van der Waals surface area contributed by atoms with E-state index < -0.39 is 31.9 Å². The van der Waals surface area contributed by atoms with Crippen LogP contribution in [0.15, 0.2) is 23.1 Å². The summed E-state index contributed by atoms with van der Waals surface area (Å²) in [5.74, 6) is -1.52. The second-order valence-corrected chi connectivity index (χ2v) is 9.56. The van der Waals surface area contributed by atoms with Gasteiger partial charge in [-0.15, -0.1) is 0 Å². The highest BCUT2D eigenvalue weighted by Gasteiger charge is 2.33. The fourth-order valence-corrected chi connectivity index (χ4v) is 5.85. The van der Waals surface area contributed by atoms with Gasteiger partial charge in [0.1, 0.15) is 4.90 Å². The van der Waals surface area contributed by atoms with E-state index >= 15 is 0 Å². The summed E-state index contributed by atoms with van der Waals surface area (Å²) in [6.45, 7) is 0. The third kappa shape index (κ3) is 4.74. The Labute approximate surface area is 151 Å². The lowest BCUT2D eigenvalue weighted by molar-refractivity contribution is -0.131. The molecular weight excluding hydrogens is 386 g/mol. The second-order valence-electron chi connectivity index (χ2n) is 5.65. The highest BCUT2D eigenvalue weighted by Crippen LogP contribution is 2.36. The molecule has 1 fully saturated rings. The molecule has 1 aromatic rings. The molecule has 1 heterocycles. The van der Waals surface area contributed by atoms with Gasteiger partial charge in [0.15, 0.2) is 21.3 Å². The number of methoxy groups -OCH3 is 2. The van der Waals surface area contributed by atoms with Crippen LogP contribution in [0.5, 0.6) is 11.5 Å². The summed E-state index contributed by atoms with van der Waals surface area (Å²) in [5, 5.41) is 8.74. The van der Waals surface area contributed by atoms with Crippen molar-refractivity contribution in [3.8, 4) is 11.5 Å². The van der Waals surface area contributed by atoms with Gasteiger partial charge in [-0.25, -0.2) is 26.4 Å². The molecule has 0 aliphatic carbocycles. The summed E-state index contributed by atoms with van der Waals surface area (Å²) < 4.78 is 61.2. The predicted octanol–water partition coefficient (Wildman–Crippen LogP) is 0.267. The lowest BCUT2D eigenvalue weighted by Crippen LogP contribution is -2.35. The topological polar surface area (TPSA) is 136 Å². The molecule has 11 heteroatoms. The average Bonchev–Trinajstić information content (AvgIpc) is 2.89. The molecule has 2 rings (SSSR count). The third-order valence-corrected chi connectivity index (χ3v) is 7.02. The molecule has 0 bridgehead atoms. The van der Waals surface area contributed by atoms with Crippen LogP contribution in [-0.4, -0.2) is 59.7 Å². The van der Waals surface area contributed by atoms with Crippen molar-refractivity contribution in [3.63, 3.8) is 0 Å². The van der Waals surface area contributed by atoms with Crippen LogP contribution >= 0.6 is 0 Å². The van der Waals surface area contributed by atoms with Crippen LogP contribution in [0.25, 0.3) is 6.08 Å². The fourth-order valence-electron chi connectivity index (χ4n) is 2.58. The van der Waals surface area contributed by atoms with Crippen molar-refractivity contribution < 1.29 is 36.2 Å². The maximum absolute atomic E-state index is 12.8. The molecule has 0 radical (unpaired) electrons. The number of sulfonamides is 1. The molecule has 1 aliphatic rings. The maximum Gasteiger partial charge on any atom is 0.328 e. The van der Waals surface area contributed by atoms with Crippen LogP contribution in [0.3, 0.4) is 0 Å². The minimum Gasteiger partial charge on any atom is -0.493 e. The zero-order valence-electron chi connectivity index (χ0n) is 14.1. The van der Waals surface area contributed by atoms with Gasteiger partial charge in [0.05, 0.1) is 25.7 Å². The lowest BCUT2D eigenvalue weighted by atomic mass is 10.2. The molecule has 0 spiro atoms. The van der Waals surface area contributed by atoms with E-state index in [4.69, 9.17) is 14.6 Å². The molecule has 1 saturated heterocycles. The van der Waals surface area contributed by atoms with Gasteiger partial charge in [0.25, 0.3) is 0 Å². The predicted molar refractivity (Wildman–Crippen MR) is 93.6 cm³/mol. The molecule has 9 nitrogen and oxygen atoms in total. The number of hydrogen-bond donors (Lipinski definition) is 2. The largest absolute Gasteiger partial charge is 0.493 e. The number of carboxylic acid groups (broad SMARTS) is 1. The van der Waals surface area contributed by atoms with Crippen LogP contribution in [0.1, 0.15) is 12.0 Å². The number of carbonyl (C=O) groups is 1. The van der Waals surface area contributed by atoms with Crippen LogP contribution in [0, 0.1) is 0 Å². The molecule has 0 aromatic heterocycles. The molecule has 1 unspecified atom stereocenters. The Morgan fingerprint density at radius 2 is 2.00 bits per heavy atom. The van der Waals surface area contributed by atoms with Crippen molar-refractivity contribution in [2.75, 3.05) is 25.7 Å². The lowest BCUT2D eigenvalue weighted by Gasteiger charge is -2.17. The minimum atomic E-state index is -4.13. The van der Waals surface area contributed by atoms with Crippen molar-refractivity contribution in [2.45, 2.75) is 17.4 Å².